The lowest BCUT2D eigenvalue weighted by molar-refractivity contribution is 0.509. The summed E-state index contributed by atoms with van der Waals surface area (Å²) in [6.45, 7) is 5.74. The summed E-state index contributed by atoms with van der Waals surface area (Å²) in [5.74, 6) is 4.00. The molecule has 2 heterocycles. The molecule has 3 atom stereocenters. The smallest absolute Gasteiger partial charge is 0.105 e. The summed E-state index contributed by atoms with van der Waals surface area (Å²) in [6.07, 6.45) is 3.99. The van der Waals surface area contributed by atoms with E-state index in [1.165, 1.54) is 19.6 Å². The molecule has 0 radical (unpaired) electrons. The first-order valence-electron chi connectivity index (χ1n) is 5.05. The van der Waals surface area contributed by atoms with Gasteiger partial charge in [0.25, 0.3) is 0 Å². The van der Waals surface area contributed by atoms with E-state index in [-0.39, 0.29) is 0 Å². The Balaban J connectivity index is 1.68. The quantitative estimate of drug-likeness (QED) is 0.719. The number of nitrogens with zero attached hydrogens (tertiary/aromatic N) is 2. The molecule has 0 amide bonds. The lowest BCUT2D eigenvalue weighted by Gasteiger charge is -2.06. The highest BCUT2D eigenvalue weighted by Crippen LogP contribution is 2.49. The van der Waals surface area contributed by atoms with E-state index < -0.39 is 0 Å². The molecule has 1 unspecified atom stereocenters. The second kappa shape index (κ2) is 2.58. The van der Waals surface area contributed by atoms with Crippen LogP contribution in [0.25, 0.3) is 0 Å². The average Bonchev–Trinajstić information content (AvgIpc) is 2.57. The van der Waals surface area contributed by atoms with E-state index in [0.29, 0.717) is 0 Å². The van der Waals surface area contributed by atoms with Gasteiger partial charge in [0.2, 0.25) is 0 Å². The van der Waals surface area contributed by atoms with E-state index in [2.05, 4.69) is 28.0 Å². The Morgan fingerprint density at radius 2 is 2.31 bits per heavy atom. The molecule has 3 rings (SSSR count). The summed E-state index contributed by atoms with van der Waals surface area (Å²) < 4.78 is 2.28. The van der Waals surface area contributed by atoms with Gasteiger partial charge in [0.15, 0.2) is 0 Å². The number of hydrogen-bond acceptors (Lipinski definition) is 2. The lowest BCUT2D eigenvalue weighted by Crippen LogP contribution is -2.17. The van der Waals surface area contributed by atoms with Crippen LogP contribution in [0.15, 0.2) is 12.4 Å². The van der Waals surface area contributed by atoms with E-state index in [1.807, 2.05) is 6.20 Å². The van der Waals surface area contributed by atoms with Gasteiger partial charge in [-0.3, -0.25) is 0 Å². The standard InChI is InChI=1S/C10H15N3/c1-7-12-2-3-13(7)6-10-8-4-11-5-9(8)10/h2-3,8-11H,4-6H2,1H3/t8-,9+,10?. The van der Waals surface area contributed by atoms with Crippen molar-refractivity contribution in [2.24, 2.45) is 17.8 Å². The first kappa shape index (κ1) is 7.56. The molecule has 1 saturated heterocycles. The Morgan fingerprint density at radius 3 is 2.92 bits per heavy atom. The van der Waals surface area contributed by atoms with Crippen LogP contribution in [0.2, 0.25) is 0 Å². The van der Waals surface area contributed by atoms with Crippen LogP contribution in [0.1, 0.15) is 5.82 Å². The molecule has 1 N–H and O–H groups in total. The van der Waals surface area contributed by atoms with Crippen molar-refractivity contribution in [1.29, 1.82) is 0 Å². The summed E-state index contributed by atoms with van der Waals surface area (Å²) in [4.78, 5) is 4.24. The van der Waals surface area contributed by atoms with Crippen LogP contribution in [0, 0.1) is 24.7 Å². The van der Waals surface area contributed by atoms with Gasteiger partial charge in [-0.1, -0.05) is 0 Å². The van der Waals surface area contributed by atoms with E-state index in [1.54, 1.807) is 0 Å². The summed E-state index contributed by atoms with van der Waals surface area (Å²) in [7, 11) is 0. The second-order valence-corrected chi connectivity index (χ2v) is 4.28. The number of hydrogen-bond donors (Lipinski definition) is 1. The van der Waals surface area contributed by atoms with E-state index in [9.17, 15) is 0 Å². The Hall–Kier alpha value is -0.830. The number of aryl methyl sites for hydroxylation is 1. The fourth-order valence-corrected chi connectivity index (χ4v) is 2.64. The largest absolute Gasteiger partial charge is 0.335 e. The summed E-state index contributed by atoms with van der Waals surface area (Å²) >= 11 is 0. The number of aromatic nitrogens is 2. The molecule has 1 aromatic heterocycles. The van der Waals surface area contributed by atoms with Gasteiger partial charge in [0, 0.05) is 18.9 Å². The summed E-state index contributed by atoms with van der Waals surface area (Å²) in [5, 5.41) is 3.42. The number of piperidine rings is 1. The lowest BCUT2D eigenvalue weighted by atomic mass is 10.3. The van der Waals surface area contributed by atoms with Crippen LogP contribution in [0.5, 0.6) is 0 Å². The van der Waals surface area contributed by atoms with Gasteiger partial charge >= 0.3 is 0 Å². The SMILES string of the molecule is Cc1nccn1CC1[C@H]2CNC[C@@H]12. The van der Waals surface area contributed by atoms with Gasteiger partial charge in [0.05, 0.1) is 0 Å². The van der Waals surface area contributed by atoms with Crippen molar-refractivity contribution in [1.82, 2.24) is 14.9 Å². The minimum absolute atomic E-state index is 0.925. The van der Waals surface area contributed by atoms with Gasteiger partial charge in [-0.05, 0) is 37.8 Å². The predicted molar refractivity (Wildman–Crippen MR) is 50.3 cm³/mol. The fourth-order valence-electron chi connectivity index (χ4n) is 2.64. The van der Waals surface area contributed by atoms with Crippen LogP contribution in [-0.4, -0.2) is 22.6 Å². The summed E-state index contributed by atoms with van der Waals surface area (Å²) in [5.41, 5.74) is 0. The van der Waals surface area contributed by atoms with Crippen LogP contribution < -0.4 is 5.32 Å². The molecule has 3 heteroatoms. The van der Waals surface area contributed by atoms with Crippen molar-refractivity contribution in [3.63, 3.8) is 0 Å². The minimum Gasteiger partial charge on any atom is -0.335 e. The summed E-state index contributed by atoms with van der Waals surface area (Å²) in [6, 6.07) is 0. The minimum atomic E-state index is 0.925. The molecule has 0 aromatic carbocycles. The maximum atomic E-state index is 4.24. The molecule has 13 heavy (non-hydrogen) atoms. The van der Waals surface area contributed by atoms with E-state index in [4.69, 9.17) is 0 Å². The van der Waals surface area contributed by atoms with Crippen molar-refractivity contribution < 1.29 is 0 Å². The zero-order chi connectivity index (χ0) is 8.84. The van der Waals surface area contributed by atoms with E-state index in [0.717, 1.165) is 23.6 Å². The molecule has 70 valence electrons. The molecule has 0 spiro atoms. The zero-order valence-electron chi connectivity index (χ0n) is 7.90. The van der Waals surface area contributed by atoms with Gasteiger partial charge < -0.3 is 9.88 Å². The van der Waals surface area contributed by atoms with Gasteiger partial charge in [-0.25, -0.2) is 4.98 Å². The molecule has 2 fully saturated rings. The first-order valence-corrected chi connectivity index (χ1v) is 5.05. The molecular formula is C10H15N3. The Kier molecular flexibility index (Phi) is 1.50. The van der Waals surface area contributed by atoms with Gasteiger partial charge in [-0.15, -0.1) is 0 Å². The number of imidazole rings is 1. The van der Waals surface area contributed by atoms with Crippen molar-refractivity contribution in [2.75, 3.05) is 13.1 Å². The molecule has 1 aliphatic heterocycles. The molecule has 1 aliphatic carbocycles. The molecule has 2 aliphatic rings. The number of nitrogens with one attached hydrogen (secondary N) is 1. The normalized spacial score (nSPS) is 36.2. The molecule has 1 aromatic rings. The number of fused-ring (bicyclic) bond motifs is 1. The first-order chi connectivity index (χ1) is 6.36. The van der Waals surface area contributed by atoms with Crippen molar-refractivity contribution in [3.05, 3.63) is 18.2 Å². The highest BCUT2D eigenvalue weighted by Gasteiger charge is 2.52. The molecule has 3 nitrogen and oxygen atoms in total. The fraction of sp³-hybridized carbons (Fsp3) is 0.700. The molecule has 0 bridgehead atoms. The maximum Gasteiger partial charge on any atom is 0.105 e. The zero-order valence-corrected chi connectivity index (χ0v) is 7.90. The van der Waals surface area contributed by atoms with Crippen LogP contribution >= 0.6 is 0 Å². The van der Waals surface area contributed by atoms with Crippen molar-refractivity contribution in [3.8, 4) is 0 Å². The van der Waals surface area contributed by atoms with Crippen molar-refractivity contribution in [2.45, 2.75) is 13.5 Å². The highest BCUT2D eigenvalue weighted by molar-refractivity contribution is 5.05. The van der Waals surface area contributed by atoms with Gasteiger partial charge in [0.1, 0.15) is 5.82 Å². The highest BCUT2D eigenvalue weighted by atomic mass is 15.1. The van der Waals surface area contributed by atoms with E-state index >= 15 is 0 Å². The maximum absolute atomic E-state index is 4.24. The van der Waals surface area contributed by atoms with Crippen LogP contribution in [0.4, 0.5) is 0 Å². The average molecular weight is 177 g/mol. The number of rotatable bonds is 2. The third kappa shape index (κ3) is 1.10. The molecule has 1 saturated carbocycles. The predicted octanol–water partition coefficient (Wildman–Crippen LogP) is 0.657. The third-order valence-electron chi connectivity index (χ3n) is 3.60. The Morgan fingerprint density at radius 1 is 1.54 bits per heavy atom. The van der Waals surface area contributed by atoms with Crippen LogP contribution in [0.3, 0.4) is 0 Å². The Bertz CT molecular complexity index is 308. The van der Waals surface area contributed by atoms with Crippen molar-refractivity contribution >= 4 is 0 Å². The van der Waals surface area contributed by atoms with Crippen LogP contribution in [-0.2, 0) is 6.54 Å². The monoisotopic (exact) mass is 177 g/mol. The topological polar surface area (TPSA) is 29.9 Å². The molecular weight excluding hydrogens is 162 g/mol. The third-order valence-corrected chi connectivity index (χ3v) is 3.60. The second-order valence-electron chi connectivity index (χ2n) is 4.28. The Labute approximate surface area is 78.2 Å². The van der Waals surface area contributed by atoms with Gasteiger partial charge in [-0.2, -0.15) is 0 Å².